The standard InChI is InChI=1S/C19H24ClN5O2/c1-11(2)6-14(9-26)22-19-24-17(23-18(20)25-19)7-12(3)13-4-5-16-15(8-13)21-10-27-16/h4-5,8,10-12,14,26H,6-7,9H2,1-3H3,(H,22,23,24,25). The minimum atomic E-state index is -0.122. The Morgan fingerprint density at radius 1 is 1.19 bits per heavy atom. The summed E-state index contributed by atoms with van der Waals surface area (Å²) in [5, 5.41) is 12.9. The number of hydrogen-bond acceptors (Lipinski definition) is 7. The third kappa shape index (κ3) is 5.14. The van der Waals surface area contributed by atoms with Gasteiger partial charge in [0.15, 0.2) is 12.0 Å². The number of oxazole rings is 1. The van der Waals surface area contributed by atoms with Crippen LogP contribution in [0.25, 0.3) is 11.1 Å². The van der Waals surface area contributed by atoms with Gasteiger partial charge in [0, 0.05) is 6.42 Å². The van der Waals surface area contributed by atoms with Crippen molar-refractivity contribution in [1.82, 2.24) is 19.9 Å². The van der Waals surface area contributed by atoms with E-state index in [-0.39, 0.29) is 23.9 Å². The van der Waals surface area contributed by atoms with E-state index in [4.69, 9.17) is 16.0 Å². The lowest BCUT2D eigenvalue weighted by atomic mass is 9.97. The van der Waals surface area contributed by atoms with E-state index in [1.807, 2.05) is 18.2 Å². The van der Waals surface area contributed by atoms with E-state index in [1.165, 1.54) is 6.39 Å². The summed E-state index contributed by atoms with van der Waals surface area (Å²) in [7, 11) is 0. The number of fused-ring (bicyclic) bond motifs is 1. The number of halogens is 1. The number of nitrogens with zero attached hydrogens (tertiary/aromatic N) is 4. The van der Waals surface area contributed by atoms with E-state index in [0.29, 0.717) is 24.1 Å². The highest BCUT2D eigenvalue weighted by Crippen LogP contribution is 2.24. The molecule has 2 atom stereocenters. The minimum Gasteiger partial charge on any atom is -0.443 e. The van der Waals surface area contributed by atoms with Crippen molar-refractivity contribution in [1.29, 1.82) is 0 Å². The molecule has 0 spiro atoms. The highest BCUT2D eigenvalue weighted by Gasteiger charge is 2.15. The Bertz CT molecular complexity index is 899. The number of aromatic nitrogens is 4. The Balaban J connectivity index is 1.74. The van der Waals surface area contributed by atoms with Crippen LogP contribution in [0.2, 0.25) is 5.28 Å². The second-order valence-corrected chi connectivity index (χ2v) is 7.52. The molecule has 0 saturated carbocycles. The largest absolute Gasteiger partial charge is 0.443 e. The zero-order chi connectivity index (χ0) is 19.4. The third-order valence-corrected chi connectivity index (χ3v) is 4.55. The molecule has 0 radical (unpaired) electrons. The SMILES string of the molecule is CC(C)CC(CO)Nc1nc(Cl)nc(CC(C)c2ccc3ocnc3c2)n1. The minimum absolute atomic E-state index is 0.00489. The van der Waals surface area contributed by atoms with Crippen molar-refractivity contribution in [3.05, 3.63) is 41.3 Å². The molecule has 2 heterocycles. The van der Waals surface area contributed by atoms with Crippen LogP contribution in [0.5, 0.6) is 0 Å². The first-order valence-corrected chi connectivity index (χ1v) is 9.43. The molecule has 0 aliphatic carbocycles. The monoisotopic (exact) mass is 389 g/mol. The number of anilines is 1. The molecule has 1 aromatic carbocycles. The average Bonchev–Trinajstić information content (AvgIpc) is 3.07. The van der Waals surface area contributed by atoms with Crippen LogP contribution < -0.4 is 5.32 Å². The molecule has 8 heteroatoms. The molecule has 144 valence electrons. The van der Waals surface area contributed by atoms with E-state index < -0.39 is 0 Å². The summed E-state index contributed by atoms with van der Waals surface area (Å²) in [6, 6.07) is 5.82. The van der Waals surface area contributed by atoms with E-state index in [0.717, 1.165) is 23.1 Å². The Kier molecular flexibility index (Phi) is 6.23. The molecule has 7 nitrogen and oxygen atoms in total. The second kappa shape index (κ2) is 8.63. The molecule has 0 saturated heterocycles. The molecule has 2 N–H and O–H groups in total. The van der Waals surface area contributed by atoms with Crippen molar-refractivity contribution in [2.24, 2.45) is 5.92 Å². The van der Waals surface area contributed by atoms with Crippen LogP contribution in [0.3, 0.4) is 0 Å². The molecule has 0 bridgehead atoms. The molecule has 0 aliphatic heterocycles. The Labute approximate surface area is 163 Å². The predicted octanol–water partition coefficient (Wildman–Crippen LogP) is 3.83. The number of benzene rings is 1. The average molecular weight is 390 g/mol. The fourth-order valence-corrected chi connectivity index (χ4v) is 3.23. The number of nitrogens with one attached hydrogen (secondary N) is 1. The smallest absolute Gasteiger partial charge is 0.227 e. The third-order valence-electron chi connectivity index (χ3n) is 4.38. The van der Waals surface area contributed by atoms with Crippen molar-refractivity contribution >= 4 is 28.6 Å². The first kappa shape index (κ1) is 19.5. The first-order valence-electron chi connectivity index (χ1n) is 9.05. The van der Waals surface area contributed by atoms with Gasteiger partial charge >= 0.3 is 0 Å². The van der Waals surface area contributed by atoms with Gasteiger partial charge in [-0.05, 0) is 47.6 Å². The van der Waals surface area contributed by atoms with E-state index in [2.05, 4.69) is 46.0 Å². The van der Waals surface area contributed by atoms with Crippen LogP contribution in [0.1, 0.15) is 44.5 Å². The van der Waals surface area contributed by atoms with Crippen molar-refractivity contribution in [2.45, 2.75) is 45.6 Å². The normalized spacial score (nSPS) is 13.9. The van der Waals surface area contributed by atoms with Crippen LogP contribution in [-0.2, 0) is 6.42 Å². The Hall–Kier alpha value is -2.25. The zero-order valence-electron chi connectivity index (χ0n) is 15.7. The van der Waals surface area contributed by atoms with Gasteiger partial charge in [-0.15, -0.1) is 0 Å². The van der Waals surface area contributed by atoms with Gasteiger partial charge in [-0.2, -0.15) is 9.97 Å². The van der Waals surface area contributed by atoms with Crippen LogP contribution in [0.15, 0.2) is 29.0 Å². The summed E-state index contributed by atoms with van der Waals surface area (Å²) in [4.78, 5) is 17.1. The molecule has 3 aromatic rings. The molecular weight excluding hydrogens is 366 g/mol. The number of hydrogen-bond donors (Lipinski definition) is 2. The highest BCUT2D eigenvalue weighted by atomic mass is 35.5. The number of rotatable bonds is 8. The lowest BCUT2D eigenvalue weighted by Crippen LogP contribution is -2.27. The Morgan fingerprint density at radius 3 is 2.74 bits per heavy atom. The maximum Gasteiger partial charge on any atom is 0.227 e. The zero-order valence-corrected chi connectivity index (χ0v) is 16.4. The van der Waals surface area contributed by atoms with E-state index in [1.54, 1.807) is 0 Å². The predicted molar refractivity (Wildman–Crippen MR) is 105 cm³/mol. The van der Waals surface area contributed by atoms with Gasteiger partial charge in [0.2, 0.25) is 11.2 Å². The molecule has 0 fully saturated rings. The van der Waals surface area contributed by atoms with E-state index in [9.17, 15) is 5.11 Å². The van der Waals surface area contributed by atoms with Gasteiger partial charge in [-0.25, -0.2) is 9.97 Å². The molecule has 3 rings (SSSR count). The second-order valence-electron chi connectivity index (χ2n) is 7.18. The molecule has 2 aromatic heterocycles. The van der Waals surface area contributed by atoms with Gasteiger partial charge in [0.1, 0.15) is 11.3 Å². The van der Waals surface area contributed by atoms with Crippen LogP contribution in [-0.4, -0.2) is 37.7 Å². The summed E-state index contributed by atoms with van der Waals surface area (Å²) in [6.07, 6.45) is 2.86. The summed E-state index contributed by atoms with van der Waals surface area (Å²) in [6.45, 7) is 6.30. The van der Waals surface area contributed by atoms with Crippen molar-refractivity contribution in [2.75, 3.05) is 11.9 Å². The number of aliphatic hydroxyl groups is 1. The quantitative estimate of drug-likeness (QED) is 0.604. The highest BCUT2D eigenvalue weighted by molar-refractivity contribution is 6.28. The molecule has 27 heavy (non-hydrogen) atoms. The summed E-state index contributed by atoms with van der Waals surface area (Å²) in [5.74, 6) is 1.61. The topological polar surface area (TPSA) is 97.0 Å². The lowest BCUT2D eigenvalue weighted by Gasteiger charge is -2.18. The molecular formula is C19H24ClN5O2. The van der Waals surface area contributed by atoms with Gasteiger partial charge in [0.25, 0.3) is 0 Å². The van der Waals surface area contributed by atoms with Crippen molar-refractivity contribution < 1.29 is 9.52 Å². The lowest BCUT2D eigenvalue weighted by molar-refractivity contribution is 0.259. The number of aliphatic hydroxyl groups excluding tert-OH is 1. The summed E-state index contributed by atoms with van der Waals surface area (Å²) >= 11 is 6.09. The van der Waals surface area contributed by atoms with Crippen molar-refractivity contribution in [3.8, 4) is 0 Å². The van der Waals surface area contributed by atoms with Gasteiger partial charge < -0.3 is 14.8 Å². The molecule has 0 amide bonds. The van der Waals surface area contributed by atoms with Crippen molar-refractivity contribution in [3.63, 3.8) is 0 Å². The summed E-state index contributed by atoms with van der Waals surface area (Å²) in [5.41, 5.74) is 2.71. The van der Waals surface area contributed by atoms with Crippen LogP contribution >= 0.6 is 11.6 Å². The fraction of sp³-hybridized carbons (Fsp3) is 0.474. The molecule has 0 aliphatic rings. The maximum atomic E-state index is 9.56. The maximum absolute atomic E-state index is 9.56. The Morgan fingerprint density at radius 2 is 2.00 bits per heavy atom. The summed E-state index contributed by atoms with van der Waals surface area (Å²) < 4.78 is 5.29. The van der Waals surface area contributed by atoms with Crippen LogP contribution in [0.4, 0.5) is 5.95 Å². The van der Waals surface area contributed by atoms with Gasteiger partial charge in [-0.3, -0.25) is 0 Å². The first-order chi connectivity index (χ1) is 12.9. The molecule has 2 unspecified atom stereocenters. The fourth-order valence-electron chi connectivity index (χ4n) is 3.05. The van der Waals surface area contributed by atoms with E-state index >= 15 is 0 Å². The van der Waals surface area contributed by atoms with Gasteiger partial charge in [0.05, 0.1) is 12.6 Å². The van der Waals surface area contributed by atoms with Gasteiger partial charge in [-0.1, -0.05) is 26.8 Å². The van der Waals surface area contributed by atoms with Crippen LogP contribution in [0, 0.1) is 5.92 Å².